The minimum absolute atomic E-state index is 0.0641. The maximum atomic E-state index is 6.08. The van der Waals surface area contributed by atoms with E-state index in [-0.39, 0.29) is 12.3 Å². The molecule has 1 aliphatic rings. The Morgan fingerprint density at radius 2 is 2.38 bits per heavy atom. The topological polar surface area (TPSA) is 88.1 Å². The van der Waals surface area contributed by atoms with E-state index in [2.05, 4.69) is 30.2 Å². The summed E-state index contributed by atoms with van der Waals surface area (Å²) in [7, 11) is 4.93. The van der Waals surface area contributed by atoms with Crippen molar-refractivity contribution in [2.24, 2.45) is 5.92 Å². The van der Waals surface area contributed by atoms with E-state index < -0.39 is 0 Å². The van der Waals surface area contributed by atoms with Crippen molar-refractivity contribution in [1.29, 1.82) is 0 Å². The van der Waals surface area contributed by atoms with Crippen molar-refractivity contribution < 1.29 is 9.26 Å². The third-order valence-electron chi connectivity index (χ3n) is 3.57. The molecule has 3 heterocycles. The Morgan fingerprint density at radius 1 is 1.52 bits per heavy atom. The number of fused-ring (bicyclic) bond motifs is 1. The molecule has 1 fully saturated rings. The molecule has 0 aliphatic carbocycles. The number of aromatic nitrogens is 4. The van der Waals surface area contributed by atoms with Gasteiger partial charge in [0.25, 0.3) is 0 Å². The normalized spacial score (nSPS) is 25.6. The minimum atomic E-state index is -0.0990. The van der Waals surface area contributed by atoms with Gasteiger partial charge in [-0.05, 0) is 0 Å². The summed E-state index contributed by atoms with van der Waals surface area (Å²) in [5, 5.41) is 0. The first-order valence-electron chi connectivity index (χ1n) is 6.45. The molecule has 0 saturated carbocycles. The van der Waals surface area contributed by atoms with Gasteiger partial charge in [0.05, 0.1) is 0 Å². The Balaban J connectivity index is 1.81. The number of imidazole rings is 1. The van der Waals surface area contributed by atoms with Gasteiger partial charge in [0.15, 0.2) is 0 Å². The second kappa shape index (κ2) is 6.68. The molecule has 1 aliphatic heterocycles. The number of nitrogens with zero attached hydrogens (tertiary/aromatic N) is 4. The van der Waals surface area contributed by atoms with Crippen molar-refractivity contribution in [2.75, 3.05) is 12.3 Å². The summed E-state index contributed by atoms with van der Waals surface area (Å²) in [6, 6.07) is 0. The van der Waals surface area contributed by atoms with Crippen molar-refractivity contribution >= 4 is 40.4 Å². The van der Waals surface area contributed by atoms with Crippen LogP contribution in [-0.4, -0.2) is 32.2 Å². The van der Waals surface area contributed by atoms with Gasteiger partial charge in [-0.2, -0.15) is 0 Å². The van der Waals surface area contributed by atoms with Crippen molar-refractivity contribution in [3.05, 3.63) is 12.7 Å². The fourth-order valence-corrected chi connectivity index (χ4v) is 3.54. The second-order valence-corrected chi connectivity index (χ2v) is 8.13. The predicted molar refractivity (Wildman–Crippen MR) is 84.1 cm³/mol. The summed E-state index contributed by atoms with van der Waals surface area (Å²) in [6.07, 6.45) is 4.01. The summed E-state index contributed by atoms with van der Waals surface area (Å²) >= 11 is 0. The summed E-state index contributed by atoms with van der Waals surface area (Å²) in [4.78, 5) is 12.5. The number of hydrogen-bond donors (Lipinski definition) is 1. The van der Waals surface area contributed by atoms with E-state index in [1.165, 1.54) is 6.33 Å². The van der Waals surface area contributed by atoms with Crippen molar-refractivity contribution in [1.82, 2.24) is 19.5 Å². The first kappa shape index (κ1) is 15.3. The molecule has 110 valence electrons. The number of ether oxygens (including phenoxy) is 1. The molecule has 10 heteroatoms. The van der Waals surface area contributed by atoms with E-state index >= 15 is 0 Å². The van der Waals surface area contributed by atoms with E-state index in [0.717, 1.165) is 21.5 Å². The zero-order valence-corrected chi connectivity index (χ0v) is 14.0. The fraction of sp³-hybridized carbons (Fsp3) is 0.545. The molecule has 2 N–H and O–H groups in total. The van der Waals surface area contributed by atoms with Crippen molar-refractivity contribution in [3.63, 3.8) is 0 Å². The monoisotopic (exact) mass is 341 g/mol. The zero-order valence-electron chi connectivity index (χ0n) is 11.3. The van der Waals surface area contributed by atoms with E-state index in [9.17, 15) is 0 Å². The van der Waals surface area contributed by atoms with Gasteiger partial charge in [-0.15, -0.1) is 0 Å². The zero-order chi connectivity index (χ0) is 14.8. The Labute approximate surface area is 126 Å². The average Bonchev–Trinajstić information content (AvgIpc) is 3.04. The Morgan fingerprint density at radius 3 is 3.19 bits per heavy atom. The van der Waals surface area contributed by atoms with Crippen LogP contribution in [-0.2, 0) is 9.26 Å². The fourth-order valence-electron chi connectivity index (χ4n) is 2.46. The Bertz CT molecular complexity index is 749. The molecule has 3 atom stereocenters. The van der Waals surface area contributed by atoms with Gasteiger partial charge in [-0.1, -0.05) is 0 Å². The molecule has 1 unspecified atom stereocenters. The van der Waals surface area contributed by atoms with Crippen LogP contribution in [0.3, 0.4) is 0 Å². The molecular formula is C11H14N5O2P3. The predicted octanol–water partition coefficient (Wildman–Crippen LogP) is 3.40. The molecule has 0 bridgehead atoms. The van der Waals surface area contributed by atoms with Crippen LogP contribution in [0.15, 0.2) is 12.7 Å². The van der Waals surface area contributed by atoms with E-state index in [1.807, 2.05) is 4.57 Å². The first-order chi connectivity index (χ1) is 10.2. The van der Waals surface area contributed by atoms with Crippen LogP contribution in [0, 0.1) is 5.92 Å². The standard InChI is InChI=1S/C11H14N5O2P3/c1-6-2-8(18-7(6)3-17-20-21-19)16-5-15-9-10(12)13-4-14-11(9)16/h4-8H,2-3H2,1H3,(H2,12,13,14)/t6?,7-,8-/m1/s1. The molecule has 0 spiro atoms. The Hall–Kier alpha value is -0.570. The quantitative estimate of drug-likeness (QED) is 0.858. The molecule has 3 rings (SSSR count). The van der Waals surface area contributed by atoms with Gasteiger partial charge in [-0.25, -0.2) is 0 Å². The van der Waals surface area contributed by atoms with Crippen LogP contribution in [0.2, 0.25) is 0 Å². The van der Waals surface area contributed by atoms with E-state index in [1.54, 1.807) is 6.33 Å². The summed E-state index contributed by atoms with van der Waals surface area (Å²) in [6.45, 7) is 3.63. The van der Waals surface area contributed by atoms with Crippen LogP contribution in [0.25, 0.3) is 11.2 Å². The molecule has 1 saturated heterocycles. The van der Waals surface area contributed by atoms with Gasteiger partial charge in [0.2, 0.25) is 0 Å². The molecule has 0 radical (unpaired) electrons. The van der Waals surface area contributed by atoms with Gasteiger partial charge >= 0.3 is 126 Å². The van der Waals surface area contributed by atoms with Crippen molar-refractivity contribution in [3.8, 4) is 0 Å². The third-order valence-corrected chi connectivity index (χ3v) is 5.13. The Kier molecular flexibility index (Phi) is 4.88. The van der Waals surface area contributed by atoms with E-state index in [0.29, 0.717) is 29.5 Å². The number of rotatable bonds is 4. The van der Waals surface area contributed by atoms with Crippen LogP contribution >= 0.6 is 23.4 Å². The van der Waals surface area contributed by atoms with Gasteiger partial charge in [-0.3, -0.25) is 0 Å². The molecule has 0 aromatic carbocycles. The average molecular weight is 341 g/mol. The van der Waals surface area contributed by atoms with Crippen LogP contribution in [0.5, 0.6) is 0 Å². The van der Waals surface area contributed by atoms with E-state index in [4.69, 9.17) is 15.0 Å². The number of hydrogen-bond acceptors (Lipinski definition) is 6. The number of nitrogen functional groups attached to an aromatic ring is 1. The summed E-state index contributed by atoms with van der Waals surface area (Å²) < 4.78 is 13.5. The molecule has 7 nitrogen and oxygen atoms in total. The van der Waals surface area contributed by atoms with Gasteiger partial charge < -0.3 is 0 Å². The maximum absolute atomic E-state index is 6.08. The molecule has 21 heavy (non-hydrogen) atoms. The first-order valence-corrected chi connectivity index (χ1v) is 10.0. The molecular weight excluding hydrogens is 327 g/mol. The van der Waals surface area contributed by atoms with Crippen LogP contribution in [0.4, 0.5) is 5.82 Å². The van der Waals surface area contributed by atoms with Crippen LogP contribution in [0.1, 0.15) is 19.6 Å². The third kappa shape index (κ3) is 3.13. The molecule has 2 aromatic rings. The molecule has 0 amide bonds. The number of nitrogens with two attached hydrogens (primary N) is 1. The summed E-state index contributed by atoms with van der Waals surface area (Å²) in [5.74, 6) is 0.787. The van der Waals surface area contributed by atoms with Crippen molar-refractivity contribution in [2.45, 2.75) is 25.7 Å². The van der Waals surface area contributed by atoms with Crippen LogP contribution < -0.4 is 5.73 Å². The van der Waals surface area contributed by atoms with Gasteiger partial charge in [0.1, 0.15) is 0 Å². The van der Waals surface area contributed by atoms with Gasteiger partial charge in [0, 0.05) is 0 Å². The summed E-state index contributed by atoms with van der Waals surface area (Å²) in [5.41, 5.74) is 7.12. The molecule has 2 aromatic heterocycles. The number of anilines is 1. The SMILES string of the molecule is CC1C[C@H](n2cnc3c(N)ncnc32)O[C@@H]1COP=P#P. The second-order valence-electron chi connectivity index (χ2n) is 4.89.